The van der Waals surface area contributed by atoms with Gasteiger partial charge in [-0.2, -0.15) is 31.4 Å². The van der Waals surface area contributed by atoms with E-state index < -0.39 is 29.6 Å². The molecule has 0 saturated carbocycles. The molecule has 3 heterocycles. The van der Waals surface area contributed by atoms with Crippen molar-refractivity contribution < 1.29 is 26.3 Å². The molecular weight excluding hydrogens is 400 g/mol. The Labute approximate surface area is 159 Å². The zero-order valence-electron chi connectivity index (χ0n) is 14.6. The van der Waals surface area contributed by atoms with Crippen LogP contribution in [0.1, 0.15) is 11.4 Å². The van der Waals surface area contributed by atoms with Crippen LogP contribution in [0.3, 0.4) is 0 Å². The molecule has 3 aromatic heterocycles. The molecule has 0 spiro atoms. The summed E-state index contributed by atoms with van der Waals surface area (Å²) in [5.74, 6) is -0.0535. The van der Waals surface area contributed by atoms with Crippen LogP contribution in [-0.4, -0.2) is 24.3 Å². The molecule has 0 atom stereocenters. The number of alkyl halides is 6. The van der Waals surface area contributed by atoms with Gasteiger partial charge >= 0.3 is 12.4 Å². The summed E-state index contributed by atoms with van der Waals surface area (Å²) in [6.07, 6.45) is -10.1. The number of fused-ring (bicyclic) bond motifs is 1. The number of aryl methyl sites for hydroxylation is 1. The van der Waals surface area contributed by atoms with Gasteiger partial charge in [-0.1, -0.05) is 18.2 Å². The van der Waals surface area contributed by atoms with Crippen LogP contribution >= 0.6 is 0 Å². The Morgan fingerprint density at radius 3 is 2.21 bits per heavy atom. The summed E-state index contributed by atoms with van der Waals surface area (Å²) in [6.45, 7) is 0. The molecule has 0 aliphatic carbocycles. The summed E-state index contributed by atoms with van der Waals surface area (Å²) in [5.41, 5.74) is -1.62. The van der Waals surface area contributed by atoms with E-state index in [1.165, 1.54) is 12.1 Å². The third kappa shape index (κ3) is 3.32. The molecule has 0 amide bonds. The number of hydrogen-bond acceptors (Lipinski definition) is 3. The lowest BCUT2D eigenvalue weighted by Crippen LogP contribution is -2.14. The van der Waals surface area contributed by atoms with Gasteiger partial charge in [-0.3, -0.25) is 0 Å². The number of benzene rings is 1. The van der Waals surface area contributed by atoms with Crippen molar-refractivity contribution in [2.24, 2.45) is 7.05 Å². The van der Waals surface area contributed by atoms with Gasteiger partial charge in [0.1, 0.15) is 5.69 Å². The summed E-state index contributed by atoms with van der Waals surface area (Å²) < 4.78 is 80.5. The minimum absolute atomic E-state index is 0.0383. The van der Waals surface area contributed by atoms with Gasteiger partial charge in [0.05, 0.1) is 11.0 Å². The Morgan fingerprint density at radius 2 is 1.55 bits per heavy atom. The summed E-state index contributed by atoms with van der Waals surface area (Å²) in [4.78, 5) is 8.49. The van der Waals surface area contributed by atoms with E-state index in [2.05, 4.69) is 15.1 Å². The number of hydrogen-bond donors (Lipinski definition) is 0. The summed E-state index contributed by atoms with van der Waals surface area (Å²) in [6, 6.07) is 11.1. The lowest BCUT2D eigenvalue weighted by molar-refractivity contribution is -0.143. The molecule has 0 fully saturated rings. The normalized spacial score (nSPS) is 12.7. The fourth-order valence-corrected chi connectivity index (χ4v) is 2.94. The third-order valence-electron chi connectivity index (χ3n) is 4.26. The van der Waals surface area contributed by atoms with Gasteiger partial charge in [-0.15, -0.1) is 0 Å². The second kappa shape index (κ2) is 6.33. The highest BCUT2D eigenvalue weighted by Gasteiger charge is 2.42. The van der Waals surface area contributed by atoms with Gasteiger partial charge in [0, 0.05) is 13.1 Å². The van der Waals surface area contributed by atoms with Gasteiger partial charge in [0.2, 0.25) is 0 Å². The molecule has 4 aromatic rings. The highest BCUT2D eigenvalue weighted by atomic mass is 19.4. The molecule has 0 aliphatic heterocycles. The van der Waals surface area contributed by atoms with Crippen LogP contribution in [0.25, 0.3) is 28.4 Å². The first-order chi connectivity index (χ1) is 13.6. The van der Waals surface area contributed by atoms with Crippen LogP contribution in [0, 0.1) is 0 Å². The second-order valence-corrected chi connectivity index (χ2v) is 6.19. The second-order valence-electron chi connectivity index (χ2n) is 6.19. The molecule has 0 saturated heterocycles. The molecule has 11 heteroatoms. The van der Waals surface area contributed by atoms with Crippen LogP contribution in [0.5, 0.6) is 0 Å². The first-order valence-electron chi connectivity index (χ1n) is 8.19. The maximum absolute atomic E-state index is 13.3. The molecule has 0 bridgehead atoms. The van der Waals surface area contributed by atoms with Crippen molar-refractivity contribution in [2.45, 2.75) is 12.4 Å². The standard InChI is InChI=1S/C18H11F6N5/c1-28-12-7-3-2-5-10(12)26-16(28)11-6-4-8-15(25-11)29-14(18(22,23)24)9-13(27-29)17(19,20)21/h2-9H,1H3. The summed E-state index contributed by atoms with van der Waals surface area (Å²) in [5, 5.41) is 3.10. The van der Waals surface area contributed by atoms with Crippen molar-refractivity contribution in [1.82, 2.24) is 24.3 Å². The van der Waals surface area contributed by atoms with Gasteiger partial charge in [-0.05, 0) is 24.3 Å². The van der Waals surface area contributed by atoms with Crippen molar-refractivity contribution in [3.05, 3.63) is 59.9 Å². The van der Waals surface area contributed by atoms with Crippen molar-refractivity contribution in [2.75, 3.05) is 0 Å². The highest BCUT2D eigenvalue weighted by Crippen LogP contribution is 2.36. The third-order valence-corrected chi connectivity index (χ3v) is 4.26. The quantitative estimate of drug-likeness (QED) is 0.443. The molecule has 5 nitrogen and oxygen atoms in total. The summed E-state index contributed by atoms with van der Waals surface area (Å²) in [7, 11) is 1.70. The zero-order valence-corrected chi connectivity index (χ0v) is 14.6. The topological polar surface area (TPSA) is 48.5 Å². The highest BCUT2D eigenvalue weighted by molar-refractivity contribution is 5.79. The van der Waals surface area contributed by atoms with Crippen molar-refractivity contribution in [3.63, 3.8) is 0 Å². The van der Waals surface area contributed by atoms with E-state index in [0.717, 1.165) is 11.6 Å². The van der Waals surface area contributed by atoms with E-state index in [1.807, 2.05) is 0 Å². The van der Waals surface area contributed by atoms with Crippen molar-refractivity contribution in [3.8, 4) is 17.3 Å². The zero-order chi connectivity index (χ0) is 21.0. The number of halogens is 6. The molecular formula is C18H11F6N5. The van der Waals surface area contributed by atoms with E-state index in [9.17, 15) is 26.3 Å². The number of para-hydroxylation sites is 2. The monoisotopic (exact) mass is 411 g/mol. The lowest BCUT2D eigenvalue weighted by Gasteiger charge is -2.10. The van der Waals surface area contributed by atoms with Crippen LogP contribution in [0.15, 0.2) is 48.5 Å². The van der Waals surface area contributed by atoms with Crippen LogP contribution in [-0.2, 0) is 19.4 Å². The van der Waals surface area contributed by atoms with Gasteiger partial charge < -0.3 is 4.57 Å². The fraction of sp³-hybridized carbons (Fsp3) is 0.167. The minimum atomic E-state index is -5.05. The molecule has 0 aliphatic rings. The molecule has 4 rings (SSSR count). The Morgan fingerprint density at radius 1 is 0.828 bits per heavy atom. The number of pyridine rings is 1. The molecule has 29 heavy (non-hydrogen) atoms. The fourth-order valence-electron chi connectivity index (χ4n) is 2.94. The average Bonchev–Trinajstić information content (AvgIpc) is 3.24. The smallest absolute Gasteiger partial charge is 0.326 e. The Balaban J connectivity index is 1.88. The van der Waals surface area contributed by atoms with E-state index in [4.69, 9.17) is 0 Å². The SMILES string of the molecule is Cn1c(-c2cccc(-n3nc(C(F)(F)F)cc3C(F)(F)F)n2)nc2ccccc21. The summed E-state index contributed by atoms with van der Waals surface area (Å²) >= 11 is 0. The van der Waals surface area contributed by atoms with Crippen LogP contribution in [0.2, 0.25) is 0 Å². The number of nitrogens with zero attached hydrogens (tertiary/aromatic N) is 5. The Kier molecular flexibility index (Phi) is 4.14. The number of aromatic nitrogens is 5. The van der Waals surface area contributed by atoms with Crippen LogP contribution in [0.4, 0.5) is 26.3 Å². The van der Waals surface area contributed by atoms with Gasteiger partial charge in [0.25, 0.3) is 0 Å². The predicted octanol–water partition coefficient (Wildman–Crippen LogP) is 4.86. The van der Waals surface area contributed by atoms with E-state index >= 15 is 0 Å². The molecule has 0 N–H and O–H groups in total. The minimum Gasteiger partial charge on any atom is -0.326 e. The molecule has 0 unspecified atom stereocenters. The van der Waals surface area contributed by atoms with E-state index in [-0.39, 0.29) is 16.4 Å². The largest absolute Gasteiger partial charge is 0.435 e. The first-order valence-corrected chi connectivity index (χ1v) is 8.19. The maximum atomic E-state index is 13.3. The lowest BCUT2D eigenvalue weighted by atomic mass is 10.3. The molecule has 150 valence electrons. The average molecular weight is 411 g/mol. The van der Waals surface area contributed by atoms with E-state index in [1.54, 1.807) is 35.9 Å². The Hall–Kier alpha value is -3.37. The van der Waals surface area contributed by atoms with Crippen molar-refractivity contribution >= 4 is 11.0 Å². The van der Waals surface area contributed by atoms with Crippen LogP contribution < -0.4 is 0 Å². The Bertz CT molecular complexity index is 1200. The first kappa shape index (κ1) is 19.0. The van der Waals surface area contributed by atoms with E-state index in [0.29, 0.717) is 11.3 Å². The number of imidazole rings is 1. The molecule has 0 radical (unpaired) electrons. The number of rotatable bonds is 2. The van der Waals surface area contributed by atoms with Gasteiger partial charge in [-0.25, -0.2) is 14.6 Å². The molecule has 1 aromatic carbocycles. The predicted molar refractivity (Wildman–Crippen MR) is 91.1 cm³/mol. The maximum Gasteiger partial charge on any atom is 0.435 e. The van der Waals surface area contributed by atoms with Gasteiger partial charge in [0.15, 0.2) is 23.0 Å². The van der Waals surface area contributed by atoms with Crippen molar-refractivity contribution in [1.29, 1.82) is 0 Å².